The van der Waals surface area contributed by atoms with Gasteiger partial charge >= 0.3 is 0 Å². The number of hydrogen-bond acceptors (Lipinski definition) is 3. The molecule has 0 saturated carbocycles. The molecule has 0 amide bonds. The van der Waals surface area contributed by atoms with Gasteiger partial charge in [-0.3, -0.25) is 0 Å². The van der Waals surface area contributed by atoms with E-state index in [1.807, 2.05) is 35.7 Å². The fourth-order valence-corrected chi connectivity index (χ4v) is 1.94. The summed E-state index contributed by atoms with van der Waals surface area (Å²) in [7, 11) is 0. The van der Waals surface area contributed by atoms with Gasteiger partial charge < -0.3 is 0 Å². The van der Waals surface area contributed by atoms with Gasteiger partial charge in [-0.15, -0.1) is 11.3 Å². The highest BCUT2D eigenvalue weighted by molar-refractivity contribution is 7.10. The number of hydrogen-bond donors (Lipinski definition) is 0. The Bertz CT molecular complexity index is 454. The van der Waals surface area contributed by atoms with Crippen LogP contribution in [0.2, 0.25) is 0 Å². The number of thiazole rings is 1. The lowest BCUT2D eigenvalue weighted by Crippen LogP contribution is -1.80. The predicted molar refractivity (Wildman–Crippen MR) is 56.9 cm³/mol. The van der Waals surface area contributed by atoms with Crippen molar-refractivity contribution in [2.45, 2.75) is 6.42 Å². The van der Waals surface area contributed by atoms with Crippen molar-refractivity contribution < 1.29 is 0 Å². The second-order valence-electron chi connectivity index (χ2n) is 2.83. The molecule has 0 fully saturated rings. The van der Waals surface area contributed by atoms with Gasteiger partial charge in [-0.1, -0.05) is 30.3 Å². The summed E-state index contributed by atoms with van der Waals surface area (Å²) in [5, 5.41) is 11.4. The summed E-state index contributed by atoms with van der Waals surface area (Å²) < 4.78 is 0. The fraction of sp³-hybridized carbons (Fsp3) is 0.0909. The standard InChI is InChI=1S/C11H8N2S/c12-7-6-11-13-10(8-14-11)9-4-2-1-3-5-9/h1-5,8H,6H2. The summed E-state index contributed by atoms with van der Waals surface area (Å²) in [4.78, 5) is 4.37. The van der Waals surface area contributed by atoms with Crippen LogP contribution in [0.1, 0.15) is 5.01 Å². The van der Waals surface area contributed by atoms with Crippen LogP contribution in [0.4, 0.5) is 0 Å². The van der Waals surface area contributed by atoms with Crippen LogP contribution in [0.15, 0.2) is 35.7 Å². The molecule has 1 heterocycles. The van der Waals surface area contributed by atoms with Gasteiger partial charge in [0.05, 0.1) is 18.2 Å². The maximum Gasteiger partial charge on any atom is 0.107 e. The zero-order valence-electron chi connectivity index (χ0n) is 7.47. The summed E-state index contributed by atoms with van der Waals surface area (Å²) >= 11 is 1.54. The van der Waals surface area contributed by atoms with Gasteiger partial charge in [0.15, 0.2) is 0 Å². The lowest BCUT2D eigenvalue weighted by Gasteiger charge is -1.93. The van der Waals surface area contributed by atoms with Crippen LogP contribution in [-0.4, -0.2) is 4.98 Å². The minimum Gasteiger partial charge on any atom is -0.240 e. The van der Waals surface area contributed by atoms with E-state index in [0.717, 1.165) is 16.3 Å². The third-order valence-electron chi connectivity index (χ3n) is 1.85. The quantitative estimate of drug-likeness (QED) is 0.747. The van der Waals surface area contributed by atoms with E-state index in [4.69, 9.17) is 5.26 Å². The Morgan fingerprint density at radius 3 is 2.79 bits per heavy atom. The van der Waals surface area contributed by atoms with Crippen molar-refractivity contribution in [1.82, 2.24) is 4.98 Å². The van der Waals surface area contributed by atoms with E-state index in [-0.39, 0.29) is 0 Å². The molecule has 14 heavy (non-hydrogen) atoms. The molecule has 0 aliphatic heterocycles. The van der Waals surface area contributed by atoms with Gasteiger partial charge in [-0.2, -0.15) is 5.26 Å². The first-order valence-corrected chi connectivity index (χ1v) is 5.15. The van der Waals surface area contributed by atoms with Crippen molar-refractivity contribution >= 4 is 11.3 Å². The first kappa shape index (κ1) is 8.92. The van der Waals surface area contributed by atoms with Crippen molar-refractivity contribution in [2.24, 2.45) is 0 Å². The molecule has 68 valence electrons. The van der Waals surface area contributed by atoms with Crippen LogP contribution in [0.5, 0.6) is 0 Å². The normalized spacial score (nSPS) is 9.64. The van der Waals surface area contributed by atoms with Crippen LogP contribution in [0, 0.1) is 11.3 Å². The molecule has 2 nitrogen and oxygen atoms in total. The van der Waals surface area contributed by atoms with Crippen molar-refractivity contribution in [3.8, 4) is 17.3 Å². The zero-order chi connectivity index (χ0) is 9.80. The van der Waals surface area contributed by atoms with E-state index in [0.29, 0.717) is 6.42 Å². The van der Waals surface area contributed by atoms with Gasteiger partial charge in [0.2, 0.25) is 0 Å². The molecule has 2 rings (SSSR count). The average molecular weight is 200 g/mol. The summed E-state index contributed by atoms with van der Waals surface area (Å²) in [6, 6.07) is 12.1. The van der Waals surface area contributed by atoms with Crippen LogP contribution in [-0.2, 0) is 6.42 Å². The fourth-order valence-electron chi connectivity index (χ4n) is 1.20. The Labute approximate surface area is 86.5 Å². The molecule has 2 aromatic rings. The third kappa shape index (κ3) is 1.81. The second-order valence-corrected chi connectivity index (χ2v) is 3.77. The molecule has 3 heteroatoms. The minimum atomic E-state index is 0.400. The first-order valence-electron chi connectivity index (χ1n) is 4.27. The van der Waals surface area contributed by atoms with E-state index in [9.17, 15) is 0 Å². The molecular weight excluding hydrogens is 192 g/mol. The predicted octanol–water partition coefficient (Wildman–Crippen LogP) is 2.88. The topological polar surface area (TPSA) is 36.7 Å². The molecule has 0 atom stereocenters. The van der Waals surface area contributed by atoms with Gasteiger partial charge in [0.25, 0.3) is 0 Å². The Morgan fingerprint density at radius 2 is 2.07 bits per heavy atom. The second kappa shape index (κ2) is 4.03. The van der Waals surface area contributed by atoms with Gasteiger partial charge in [-0.05, 0) is 0 Å². The van der Waals surface area contributed by atoms with Crippen molar-refractivity contribution in [2.75, 3.05) is 0 Å². The molecule has 0 aliphatic carbocycles. The molecule has 0 aliphatic rings. The molecule has 0 bridgehead atoms. The number of benzene rings is 1. The van der Waals surface area contributed by atoms with E-state index in [2.05, 4.69) is 11.1 Å². The third-order valence-corrected chi connectivity index (χ3v) is 2.70. The average Bonchev–Trinajstić information content (AvgIpc) is 2.68. The summed E-state index contributed by atoms with van der Waals surface area (Å²) in [6.45, 7) is 0. The highest BCUT2D eigenvalue weighted by Crippen LogP contribution is 2.21. The van der Waals surface area contributed by atoms with Crippen LogP contribution < -0.4 is 0 Å². The largest absolute Gasteiger partial charge is 0.240 e. The maximum atomic E-state index is 8.52. The Hall–Kier alpha value is -1.66. The van der Waals surface area contributed by atoms with Crippen LogP contribution >= 0.6 is 11.3 Å². The summed E-state index contributed by atoms with van der Waals surface area (Å²) in [6.07, 6.45) is 0.400. The molecular formula is C11H8N2S. The number of nitrogens with zero attached hydrogens (tertiary/aromatic N) is 2. The Morgan fingerprint density at radius 1 is 1.29 bits per heavy atom. The molecule has 0 saturated heterocycles. The van der Waals surface area contributed by atoms with Crippen molar-refractivity contribution in [3.05, 3.63) is 40.7 Å². The van der Waals surface area contributed by atoms with E-state index >= 15 is 0 Å². The van der Waals surface area contributed by atoms with E-state index in [1.165, 1.54) is 11.3 Å². The first-order chi connectivity index (χ1) is 6.90. The SMILES string of the molecule is N#CCc1nc(-c2ccccc2)cs1. The van der Waals surface area contributed by atoms with E-state index in [1.54, 1.807) is 0 Å². The monoisotopic (exact) mass is 200 g/mol. The van der Waals surface area contributed by atoms with Gasteiger partial charge in [0.1, 0.15) is 5.01 Å². The molecule has 0 unspecified atom stereocenters. The minimum absolute atomic E-state index is 0.400. The lowest BCUT2D eigenvalue weighted by atomic mass is 10.2. The maximum absolute atomic E-state index is 8.52. The summed E-state index contributed by atoms with van der Waals surface area (Å²) in [5.41, 5.74) is 2.06. The van der Waals surface area contributed by atoms with Gasteiger partial charge in [-0.25, -0.2) is 4.98 Å². The Kier molecular flexibility index (Phi) is 2.57. The van der Waals surface area contributed by atoms with Gasteiger partial charge in [0, 0.05) is 10.9 Å². The summed E-state index contributed by atoms with van der Waals surface area (Å²) in [5.74, 6) is 0. The Balaban J connectivity index is 2.31. The number of rotatable bonds is 2. The number of aromatic nitrogens is 1. The van der Waals surface area contributed by atoms with Crippen LogP contribution in [0.25, 0.3) is 11.3 Å². The van der Waals surface area contributed by atoms with Crippen molar-refractivity contribution in [1.29, 1.82) is 5.26 Å². The molecule has 1 aromatic heterocycles. The van der Waals surface area contributed by atoms with Crippen molar-refractivity contribution in [3.63, 3.8) is 0 Å². The highest BCUT2D eigenvalue weighted by Gasteiger charge is 2.02. The molecule has 1 aromatic carbocycles. The van der Waals surface area contributed by atoms with E-state index < -0.39 is 0 Å². The van der Waals surface area contributed by atoms with Crippen LogP contribution in [0.3, 0.4) is 0 Å². The highest BCUT2D eigenvalue weighted by atomic mass is 32.1. The zero-order valence-corrected chi connectivity index (χ0v) is 8.29. The lowest BCUT2D eigenvalue weighted by molar-refractivity contribution is 1.19. The molecule has 0 radical (unpaired) electrons. The molecule has 0 spiro atoms. The molecule has 0 N–H and O–H groups in total. The number of nitriles is 1. The smallest absolute Gasteiger partial charge is 0.107 e.